The Balaban J connectivity index is 1.54. The maximum atomic E-state index is 11.9. The summed E-state index contributed by atoms with van der Waals surface area (Å²) >= 11 is 0. The van der Waals surface area contributed by atoms with Gasteiger partial charge in [-0.25, -0.2) is 4.98 Å². The normalized spacial score (nSPS) is 11.9. The molecule has 2 aromatic heterocycles. The first-order valence-corrected chi connectivity index (χ1v) is 8.26. The molecule has 0 aliphatic carbocycles. The average Bonchev–Trinajstić information content (AvgIpc) is 3.20. The first kappa shape index (κ1) is 17.8. The Morgan fingerprint density at radius 3 is 2.29 bits per heavy atom. The van der Waals surface area contributed by atoms with Gasteiger partial charge in [0.15, 0.2) is 0 Å². The molecule has 0 aliphatic rings. The van der Waals surface area contributed by atoms with E-state index in [1.807, 2.05) is 25.3 Å². The van der Waals surface area contributed by atoms with E-state index in [0.29, 0.717) is 25.9 Å². The fourth-order valence-corrected chi connectivity index (χ4v) is 2.47. The first-order valence-electron chi connectivity index (χ1n) is 8.26. The van der Waals surface area contributed by atoms with Gasteiger partial charge < -0.3 is 20.6 Å². The zero-order valence-electron chi connectivity index (χ0n) is 14.0. The third kappa shape index (κ3) is 6.68. The van der Waals surface area contributed by atoms with Crippen LogP contribution in [0.3, 0.4) is 0 Å². The molecule has 0 saturated carbocycles. The number of carbonyl (C=O) groups excluding carboxylic acids is 2. The molecular weight excluding hydrogens is 306 g/mol. The number of aromatic nitrogens is 3. The van der Waals surface area contributed by atoms with Gasteiger partial charge in [-0.15, -0.1) is 0 Å². The average molecular weight is 331 g/mol. The largest absolute Gasteiger partial charge is 0.365 e. The Morgan fingerprint density at radius 1 is 1.08 bits per heavy atom. The molecule has 0 saturated heterocycles. The molecule has 0 fully saturated rings. The summed E-state index contributed by atoms with van der Waals surface area (Å²) in [6.45, 7) is 3.08. The molecular formula is C17H25N5O2. The van der Waals surface area contributed by atoms with Crippen molar-refractivity contribution in [3.63, 3.8) is 0 Å². The molecule has 0 aromatic carbocycles. The van der Waals surface area contributed by atoms with Crippen LogP contribution in [0.4, 0.5) is 0 Å². The second-order valence-electron chi connectivity index (χ2n) is 5.99. The second-order valence-corrected chi connectivity index (χ2v) is 5.99. The highest BCUT2D eigenvalue weighted by atomic mass is 16.2. The zero-order chi connectivity index (χ0) is 17.2. The van der Waals surface area contributed by atoms with E-state index in [-0.39, 0.29) is 17.7 Å². The van der Waals surface area contributed by atoms with Crippen molar-refractivity contribution in [1.29, 1.82) is 0 Å². The molecule has 1 unspecified atom stereocenters. The van der Waals surface area contributed by atoms with Gasteiger partial charge in [-0.3, -0.25) is 9.59 Å². The smallest absolute Gasteiger partial charge is 0.220 e. The summed E-state index contributed by atoms with van der Waals surface area (Å²) in [5.41, 5.74) is 2.09. The molecule has 2 aromatic rings. The van der Waals surface area contributed by atoms with E-state index in [9.17, 15) is 9.59 Å². The lowest BCUT2D eigenvalue weighted by Gasteiger charge is -2.11. The van der Waals surface area contributed by atoms with Crippen molar-refractivity contribution >= 4 is 11.8 Å². The molecule has 2 rings (SSSR count). The van der Waals surface area contributed by atoms with E-state index < -0.39 is 0 Å². The van der Waals surface area contributed by atoms with Gasteiger partial charge >= 0.3 is 0 Å². The van der Waals surface area contributed by atoms with Crippen LogP contribution in [0, 0.1) is 5.92 Å². The second kappa shape index (κ2) is 9.54. The molecule has 130 valence electrons. The number of rotatable bonds is 10. The van der Waals surface area contributed by atoms with Gasteiger partial charge in [-0.1, -0.05) is 6.92 Å². The topological polar surface area (TPSA) is 103 Å². The minimum Gasteiger partial charge on any atom is -0.365 e. The maximum absolute atomic E-state index is 11.9. The lowest BCUT2D eigenvalue weighted by Crippen LogP contribution is -2.30. The molecule has 24 heavy (non-hydrogen) atoms. The molecule has 4 N–H and O–H groups in total. The van der Waals surface area contributed by atoms with Crippen LogP contribution < -0.4 is 10.6 Å². The molecule has 2 heterocycles. The SMILES string of the molecule is CC(CC(=O)NCCc1ccc[nH]1)CC(=O)NCCc1cnc[nH]1. The zero-order valence-corrected chi connectivity index (χ0v) is 14.0. The number of hydrogen-bond acceptors (Lipinski definition) is 3. The Hall–Kier alpha value is -2.57. The third-order valence-corrected chi connectivity index (χ3v) is 3.72. The summed E-state index contributed by atoms with van der Waals surface area (Å²) in [5.74, 6) is -0.0249. The number of amides is 2. The Labute approximate surface area is 141 Å². The molecule has 0 bridgehead atoms. The van der Waals surface area contributed by atoms with Gasteiger partial charge in [-0.05, 0) is 18.1 Å². The molecule has 2 amide bonds. The molecule has 1 atom stereocenters. The summed E-state index contributed by atoms with van der Waals surface area (Å²) in [7, 11) is 0. The minimum atomic E-state index is -0.0267. The van der Waals surface area contributed by atoms with Crippen molar-refractivity contribution in [3.8, 4) is 0 Å². The van der Waals surface area contributed by atoms with Crippen molar-refractivity contribution < 1.29 is 9.59 Å². The lowest BCUT2D eigenvalue weighted by molar-refractivity contribution is -0.123. The van der Waals surface area contributed by atoms with Crippen LogP contribution in [0.25, 0.3) is 0 Å². The third-order valence-electron chi connectivity index (χ3n) is 3.72. The highest BCUT2D eigenvalue weighted by Crippen LogP contribution is 2.07. The van der Waals surface area contributed by atoms with Gasteiger partial charge in [0.1, 0.15) is 0 Å². The predicted molar refractivity (Wildman–Crippen MR) is 91.2 cm³/mol. The van der Waals surface area contributed by atoms with Gasteiger partial charge in [0.2, 0.25) is 11.8 Å². The number of carbonyl (C=O) groups is 2. The van der Waals surface area contributed by atoms with E-state index in [2.05, 4.69) is 25.6 Å². The highest BCUT2D eigenvalue weighted by Gasteiger charge is 2.13. The number of hydrogen-bond donors (Lipinski definition) is 4. The molecule has 7 nitrogen and oxygen atoms in total. The summed E-state index contributed by atoms with van der Waals surface area (Å²) < 4.78 is 0. The van der Waals surface area contributed by atoms with E-state index in [0.717, 1.165) is 24.2 Å². The number of nitrogens with one attached hydrogen (secondary N) is 4. The van der Waals surface area contributed by atoms with Crippen LogP contribution in [-0.2, 0) is 22.4 Å². The van der Waals surface area contributed by atoms with E-state index in [1.54, 1.807) is 12.5 Å². The molecule has 7 heteroatoms. The minimum absolute atomic E-state index is 0.0145. The number of H-pyrrole nitrogens is 2. The van der Waals surface area contributed by atoms with Crippen LogP contribution in [0.2, 0.25) is 0 Å². The van der Waals surface area contributed by atoms with Gasteiger partial charge in [0.25, 0.3) is 0 Å². The summed E-state index contributed by atoms with van der Waals surface area (Å²) in [6.07, 6.45) is 7.44. The quantitative estimate of drug-likeness (QED) is 0.525. The van der Waals surface area contributed by atoms with Gasteiger partial charge in [0, 0.05) is 62.6 Å². The number of aromatic amines is 2. The monoisotopic (exact) mass is 331 g/mol. The fraction of sp³-hybridized carbons (Fsp3) is 0.471. The Morgan fingerprint density at radius 2 is 1.75 bits per heavy atom. The first-order chi connectivity index (χ1) is 11.6. The number of nitrogens with zero attached hydrogens (tertiary/aromatic N) is 1. The number of imidazole rings is 1. The fourth-order valence-electron chi connectivity index (χ4n) is 2.47. The van der Waals surface area contributed by atoms with Crippen molar-refractivity contribution in [3.05, 3.63) is 42.2 Å². The summed E-state index contributed by atoms with van der Waals surface area (Å²) in [6, 6.07) is 3.92. The van der Waals surface area contributed by atoms with Crippen molar-refractivity contribution in [1.82, 2.24) is 25.6 Å². The van der Waals surface area contributed by atoms with Crippen LogP contribution in [0.1, 0.15) is 31.2 Å². The van der Waals surface area contributed by atoms with E-state index in [1.165, 1.54) is 0 Å². The Kier molecular flexibility index (Phi) is 7.07. The van der Waals surface area contributed by atoms with Crippen LogP contribution in [0.15, 0.2) is 30.9 Å². The lowest BCUT2D eigenvalue weighted by atomic mass is 10.0. The molecule has 0 radical (unpaired) electrons. The van der Waals surface area contributed by atoms with Crippen molar-refractivity contribution in [2.45, 2.75) is 32.6 Å². The Bertz CT molecular complexity index is 553. The summed E-state index contributed by atoms with van der Waals surface area (Å²) in [4.78, 5) is 33.7. The molecule has 0 spiro atoms. The van der Waals surface area contributed by atoms with Gasteiger partial charge in [0.05, 0.1) is 6.33 Å². The highest BCUT2D eigenvalue weighted by molar-refractivity contribution is 5.79. The maximum Gasteiger partial charge on any atom is 0.220 e. The van der Waals surface area contributed by atoms with E-state index >= 15 is 0 Å². The predicted octanol–water partition coefficient (Wildman–Crippen LogP) is 1.17. The van der Waals surface area contributed by atoms with Crippen LogP contribution >= 0.6 is 0 Å². The molecule has 0 aliphatic heterocycles. The van der Waals surface area contributed by atoms with Crippen molar-refractivity contribution in [2.24, 2.45) is 5.92 Å². The summed E-state index contributed by atoms with van der Waals surface area (Å²) in [5, 5.41) is 5.75. The van der Waals surface area contributed by atoms with Crippen LogP contribution in [0.5, 0.6) is 0 Å². The van der Waals surface area contributed by atoms with Gasteiger partial charge in [-0.2, -0.15) is 0 Å². The van der Waals surface area contributed by atoms with Crippen LogP contribution in [-0.4, -0.2) is 39.9 Å². The van der Waals surface area contributed by atoms with E-state index in [4.69, 9.17) is 0 Å². The standard InChI is InChI=1S/C17H25N5O2/c1-13(9-16(23)20-7-4-14-3-2-6-19-14)10-17(24)21-8-5-15-11-18-12-22-15/h2-3,6,11-13,19H,4-5,7-10H2,1H3,(H,18,22)(H,20,23)(H,21,24). The van der Waals surface area contributed by atoms with Crippen molar-refractivity contribution in [2.75, 3.05) is 13.1 Å².